The molecule has 2 aromatic heterocycles. The highest BCUT2D eigenvalue weighted by Crippen LogP contribution is 2.34. The minimum atomic E-state index is -0.124. The van der Waals surface area contributed by atoms with Crippen LogP contribution < -0.4 is 5.32 Å². The molecule has 0 fully saturated rings. The maximum absolute atomic E-state index is 12.5. The lowest BCUT2D eigenvalue weighted by atomic mass is 10.1. The Morgan fingerprint density at radius 3 is 2.97 bits per heavy atom. The molecule has 5 nitrogen and oxygen atoms in total. The van der Waals surface area contributed by atoms with Gasteiger partial charge in [-0.15, -0.1) is 28.1 Å². The number of carbonyl (C=O) groups is 1. The molecule has 2 aromatic carbocycles. The number of nitrogens with zero attached hydrogens (tertiary/aromatic N) is 3. The number of hydrogen-bond acceptors (Lipinski definition) is 5. The molecule has 4 aromatic rings. The van der Waals surface area contributed by atoms with Crippen LogP contribution in [0.2, 0.25) is 5.02 Å². The minimum Gasteiger partial charge on any atom is -0.325 e. The van der Waals surface area contributed by atoms with Crippen LogP contribution in [0.1, 0.15) is 5.56 Å². The van der Waals surface area contributed by atoms with Gasteiger partial charge < -0.3 is 5.32 Å². The van der Waals surface area contributed by atoms with E-state index in [2.05, 4.69) is 39.6 Å². The fourth-order valence-corrected chi connectivity index (χ4v) is 4.94. The number of hydrogen-bond donors (Lipinski definition) is 1. The third-order valence-electron chi connectivity index (χ3n) is 4.56. The number of thioether (sulfide) groups is 1. The molecule has 0 spiro atoms. The molecule has 0 unspecified atom stereocenters. The van der Waals surface area contributed by atoms with Gasteiger partial charge in [-0.2, -0.15) is 0 Å². The molecule has 0 atom stereocenters. The van der Waals surface area contributed by atoms with Crippen LogP contribution in [0, 0.1) is 6.92 Å². The summed E-state index contributed by atoms with van der Waals surface area (Å²) in [5.74, 6) is 0.869. The van der Waals surface area contributed by atoms with E-state index in [0.29, 0.717) is 22.4 Å². The van der Waals surface area contributed by atoms with Crippen LogP contribution in [0.5, 0.6) is 0 Å². The second-order valence-electron chi connectivity index (χ2n) is 6.65. The molecule has 1 N–H and O–H groups in total. The van der Waals surface area contributed by atoms with Crippen LogP contribution in [0.4, 0.5) is 5.69 Å². The third-order valence-corrected chi connectivity index (χ3v) is 6.72. The second-order valence-corrected chi connectivity index (χ2v) is 8.94. The summed E-state index contributed by atoms with van der Waals surface area (Å²) >= 11 is 9.06. The first-order chi connectivity index (χ1) is 14.6. The third kappa shape index (κ3) is 4.28. The van der Waals surface area contributed by atoms with Gasteiger partial charge in [-0.1, -0.05) is 53.7 Å². The zero-order valence-electron chi connectivity index (χ0n) is 16.3. The maximum atomic E-state index is 12.5. The van der Waals surface area contributed by atoms with Crippen molar-refractivity contribution in [2.24, 2.45) is 0 Å². The Morgan fingerprint density at radius 2 is 2.13 bits per heavy atom. The second kappa shape index (κ2) is 9.04. The summed E-state index contributed by atoms with van der Waals surface area (Å²) in [6.07, 6.45) is 1.81. The first kappa shape index (κ1) is 20.7. The summed E-state index contributed by atoms with van der Waals surface area (Å²) in [5, 5.41) is 16.2. The smallest absolute Gasteiger partial charge is 0.234 e. The van der Waals surface area contributed by atoms with Gasteiger partial charge in [-0.3, -0.25) is 9.36 Å². The fraction of sp³-hybridized carbons (Fsp3) is 0.136. The predicted octanol–water partition coefficient (Wildman–Crippen LogP) is 6.04. The summed E-state index contributed by atoms with van der Waals surface area (Å²) < 4.78 is 3.19. The number of allylic oxidation sites excluding steroid dienone is 1. The van der Waals surface area contributed by atoms with Gasteiger partial charge in [0.05, 0.1) is 5.75 Å². The van der Waals surface area contributed by atoms with Crippen molar-refractivity contribution in [1.82, 2.24) is 14.8 Å². The van der Waals surface area contributed by atoms with Crippen LogP contribution >= 0.6 is 34.7 Å². The summed E-state index contributed by atoms with van der Waals surface area (Å²) in [6, 6.07) is 13.7. The highest BCUT2D eigenvalue weighted by atomic mass is 35.5. The molecule has 30 heavy (non-hydrogen) atoms. The lowest BCUT2D eigenvalue weighted by Gasteiger charge is -2.09. The molecule has 1 amide bonds. The quantitative estimate of drug-likeness (QED) is 0.273. The topological polar surface area (TPSA) is 59.8 Å². The molecular formula is C22H19ClN4OS2. The number of benzene rings is 2. The average molecular weight is 455 g/mol. The van der Waals surface area contributed by atoms with Crippen LogP contribution in [0.15, 0.2) is 65.7 Å². The van der Waals surface area contributed by atoms with Gasteiger partial charge in [0, 0.05) is 38.3 Å². The van der Waals surface area contributed by atoms with E-state index in [1.807, 2.05) is 29.7 Å². The molecule has 0 aliphatic heterocycles. The summed E-state index contributed by atoms with van der Waals surface area (Å²) in [4.78, 5) is 12.5. The Hall–Kier alpha value is -2.61. The number of amides is 1. The number of aryl methyl sites for hydroxylation is 1. The Morgan fingerprint density at radius 1 is 1.30 bits per heavy atom. The number of rotatable bonds is 7. The SMILES string of the molecule is C=CCn1c(SCC(=O)Nc2cc(Cl)ccc2C)nnc1-c1csc2ccccc12. The van der Waals surface area contributed by atoms with Crippen molar-refractivity contribution in [1.29, 1.82) is 0 Å². The summed E-state index contributed by atoms with van der Waals surface area (Å²) in [5.41, 5.74) is 2.71. The maximum Gasteiger partial charge on any atom is 0.234 e. The Balaban J connectivity index is 1.54. The predicted molar refractivity (Wildman–Crippen MR) is 127 cm³/mol. The van der Waals surface area contributed by atoms with Crippen LogP contribution in [0.25, 0.3) is 21.5 Å². The van der Waals surface area contributed by atoms with E-state index in [1.165, 1.54) is 16.5 Å². The Kier molecular flexibility index (Phi) is 6.22. The van der Waals surface area contributed by atoms with E-state index in [4.69, 9.17) is 11.6 Å². The lowest BCUT2D eigenvalue weighted by Crippen LogP contribution is -2.15. The van der Waals surface area contributed by atoms with Crippen molar-refractivity contribution in [2.45, 2.75) is 18.6 Å². The molecule has 0 saturated carbocycles. The Bertz CT molecular complexity index is 1230. The zero-order chi connectivity index (χ0) is 21.1. The van der Waals surface area contributed by atoms with Gasteiger partial charge in [-0.05, 0) is 30.7 Å². The van der Waals surface area contributed by atoms with Crippen molar-refractivity contribution in [3.05, 3.63) is 71.1 Å². The zero-order valence-corrected chi connectivity index (χ0v) is 18.7. The number of carbonyl (C=O) groups excluding carboxylic acids is 1. The van der Waals surface area contributed by atoms with Gasteiger partial charge in [0.25, 0.3) is 0 Å². The van der Waals surface area contributed by atoms with Gasteiger partial charge >= 0.3 is 0 Å². The number of aromatic nitrogens is 3. The van der Waals surface area contributed by atoms with E-state index in [9.17, 15) is 4.79 Å². The standard InChI is InChI=1S/C22H19ClN4OS2/c1-3-10-27-21(17-12-29-19-7-5-4-6-16(17)19)25-26-22(27)30-13-20(28)24-18-11-15(23)9-8-14(18)2/h3-9,11-12H,1,10,13H2,2H3,(H,24,28). The number of nitrogens with one attached hydrogen (secondary N) is 1. The lowest BCUT2D eigenvalue weighted by molar-refractivity contribution is -0.113. The molecule has 0 bridgehead atoms. The molecule has 2 heterocycles. The van der Waals surface area contributed by atoms with Crippen LogP contribution in [-0.2, 0) is 11.3 Å². The molecule has 4 rings (SSSR count). The number of anilines is 1. The van der Waals surface area contributed by atoms with Crippen LogP contribution in [0.3, 0.4) is 0 Å². The number of thiophene rings is 1. The van der Waals surface area contributed by atoms with Crippen molar-refractivity contribution in [3.63, 3.8) is 0 Å². The van der Waals surface area contributed by atoms with Gasteiger partial charge in [-0.25, -0.2) is 0 Å². The molecular weight excluding hydrogens is 436 g/mol. The van der Waals surface area contributed by atoms with E-state index in [0.717, 1.165) is 22.3 Å². The first-order valence-electron chi connectivity index (χ1n) is 9.26. The molecule has 0 saturated heterocycles. The monoisotopic (exact) mass is 454 g/mol. The average Bonchev–Trinajstić information content (AvgIpc) is 3.33. The van der Waals surface area contributed by atoms with Gasteiger partial charge in [0.15, 0.2) is 11.0 Å². The van der Waals surface area contributed by atoms with Crippen molar-refractivity contribution in [2.75, 3.05) is 11.1 Å². The van der Waals surface area contributed by atoms with E-state index in [-0.39, 0.29) is 11.7 Å². The largest absolute Gasteiger partial charge is 0.325 e. The molecule has 0 aliphatic carbocycles. The highest BCUT2D eigenvalue weighted by Gasteiger charge is 2.18. The molecule has 8 heteroatoms. The van der Waals surface area contributed by atoms with E-state index >= 15 is 0 Å². The normalized spacial score (nSPS) is 11.0. The first-order valence-corrected chi connectivity index (χ1v) is 11.5. The van der Waals surface area contributed by atoms with Crippen LogP contribution in [-0.4, -0.2) is 26.4 Å². The molecule has 152 valence electrons. The molecule has 0 aliphatic rings. The van der Waals surface area contributed by atoms with Crippen molar-refractivity contribution >= 4 is 56.4 Å². The summed E-state index contributed by atoms with van der Waals surface area (Å²) in [6.45, 7) is 6.34. The number of halogens is 1. The van der Waals surface area contributed by atoms with Gasteiger partial charge in [0.2, 0.25) is 5.91 Å². The van der Waals surface area contributed by atoms with E-state index < -0.39 is 0 Å². The summed E-state index contributed by atoms with van der Waals surface area (Å²) in [7, 11) is 0. The molecule has 0 radical (unpaired) electrons. The fourth-order valence-electron chi connectivity index (χ4n) is 3.08. The van der Waals surface area contributed by atoms with Crippen molar-refractivity contribution in [3.8, 4) is 11.4 Å². The minimum absolute atomic E-state index is 0.124. The van der Waals surface area contributed by atoms with Gasteiger partial charge in [0.1, 0.15) is 0 Å². The number of fused-ring (bicyclic) bond motifs is 1. The van der Waals surface area contributed by atoms with Crippen molar-refractivity contribution < 1.29 is 4.79 Å². The highest BCUT2D eigenvalue weighted by molar-refractivity contribution is 7.99. The van der Waals surface area contributed by atoms with E-state index in [1.54, 1.807) is 29.5 Å². The Labute approximate surface area is 187 Å².